The van der Waals surface area contributed by atoms with E-state index in [1.165, 1.54) is 0 Å². The highest BCUT2D eigenvalue weighted by atomic mass is 16.5. The predicted molar refractivity (Wildman–Crippen MR) is 82.1 cm³/mol. The molecule has 21 heavy (non-hydrogen) atoms. The van der Waals surface area contributed by atoms with Gasteiger partial charge in [-0.3, -0.25) is 9.59 Å². The van der Waals surface area contributed by atoms with E-state index in [0.717, 1.165) is 0 Å². The van der Waals surface area contributed by atoms with Gasteiger partial charge in [-0.2, -0.15) is 0 Å². The van der Waals surface area contributed by atoms with Crippen molar-refractivity contribution >= 4 is 17.5 Å². The Kier molecular flexibility index (Phi) is 7.42. The number of para-hydroxylation sites is 1. The predicted octanol–water partition coefficient (Wildman–Crippen LogP) is 0.986. The third kappa shape index (κ3) is 6.37. The smallest absolute Gasteiger partial charge is 0.253 e. The summed E-state index contributed by atoms with van der Waals surface area (Å²) in [6, 6.07) is 6.87. The molecule has 0 radical (unpaired) electrons. The van der Waals surface area contributed by atoms with Crippen molar-refractivity contribution in [2.45, 2.75) is 13.8 Å². The van der Waals surface area contributed by atoms with Gasteiger partial charge in [0.25, 0.3) is 5.91 Å². The van der Waals surface area contributed by atoms with E-state index >= 15 is 0 Å². The molecule has 1 aromatic rings. The molecule has 1 aromatic carbocycles. The molecule has 6 nitrogen and oxygen atoms in total. The second-order valence-electron chi connectivity index (χ2n) is 5.04. The summed E-state index contributed by atoms with van der Waals surface area (Å²) >= 11 is 0. The second-order valence-corrected chi connectivity index (χ2v) is 5.04. The number of amides is 2. The van der Waals surface area contributed by atoms with Gasteiger partial charge in [0.05, 0.1) is 17.9 Å². The van der Waals surface area contributed by atoms with Crippen molar-refractivity contribution in [3.05, 3.63) is 29.8 Å². The molecular weight excluding hydrogens is 270 g/mol. The van der Waals surface area contributed by atoms with Gasteiger partial charge in [-0.1, -0.05) is 26.0 Å². The van der Waals surface area contributed by atoms with Gasteiger partial charge < -0.3 is 21.1 Å². The van der Waals surface area contributed by atoms with E-state index in [4.69, 9.17) is 10.5 Å². The number of carbonyl (C=O) groups is 2. The van der Waals surface area contributed by atoms with Crippen LogP contribution in [0.5, 0.6) is 0 Å². The largest absolute Gasteiger partial charge is 0.370 e. The van der Waals surface area contributed by atoms with Gasteiger partial charge in [-0.05, 0) is 18.1 Å². The van der Waals surface area contributed by atoms with Crippen molar-refractivity contribution in [1.29, 1.82) is 0 Å². The lowest BCUT2D eigenvalue weighted by atomic mass is 10.1. The van der Waals surface area contributed by atoms with Crippen LogP contribution in [0.4, 0.5) is 5.69 Å². The number of hydrogen-bond donors (Lipinski definition) is 3. The van der Waals surface area contributed by atoms with E-state index in [-0.39, 0.29) is 18.4 Å². The Morgan fingerprint density at radius 3 is 2.67 bits per heavy atom. The summed E-state index contributed by atoms with van der Waals surface area (Å²) in [4.78, 5) is 23.8. The Bertz CT molecular complexity index is 475. The molecule has 0 bridgehead atoms. The third-order valence-corrected chi connectivity index (χ3v) is 2.61. The SMILES string of the molecule is CC(C)CNC(=O)c1ccccc1NC(=O)COCCN. The highest BCUT2D eigenvalue weighted by Crippen LogP contribution is 2.15. The normalized spacial score (nSPS) is 10.5. The molecule has 0 heterocycles. The Morgan fingerprint density at radius 1 is 1.29 bits per heavy atom. The van der Waals surface area contributed by atoms with Gasteiger partial charge in [0, 0.05) is 13.1 Å². The summed E-state index contributed by atoms with van der Waals surface area (Å²) in [6.07, 6.45) is 0. The zero-order valence-electron chi connectivity index (χ0n) is 12.5. The Balaban J connectivity index is 2.66. The zero-order valence-corrected chi connectivity index (χ0v) is 12.5. The lowest BCUT2D eigenvalue weighted by molar-refractivity contribution is -0.120. The molecule has 0 aromatic heterocycles. The highest BCUT2D eigenvalue weighted by molar-refractivity contribution is 6.03. The number of carbonyl (C=O) groups excluding carboxylic acids is 2. The van der Waals surface area contributed by atoms with E-state index in [2.05, 4.69) is 10.6 Å². The second kappa shape index (κ2) is 9.10. The van der Waals surface area contributed by atoms with Gasteiger partial charge in [0.15, 0.2) is 0 Å². The maximum absolute atomic E-state index is 12.1. The quantitative estimate of drug-likeness (QED) is 0.623. The Labute approximate surface area is 125 Å². The van der Waals surface area contributed by atoms with E-state index in [1.54, 1.807) is 24.3 Å². The van der Waals surface area contributed by atoms with Crippen LogP contribution in [-0.2, 0) is 9.53 Å². The van der Waals surface area contributed by atoms with Crippen LogP contribution in [0, 0.1) is 5.92 Å². The average molecular weight is 293 g/mol. The Hall–Kier alpha value is -1.92. The first-order valence-electron chi connectivity index (χ1n) is 6.99. The van der Waals surface area contributed by atoms with Crippen LogP contribution in [0.15, 0.2) is 24.3 Å². The fourth-order valence-corrected chi connectivity index (χ4v) is 1.62. The summed E-state index contributed by atoms with van der Waals surface area (Å²) in [7, 11) is 0. The van der Waals surface area contributed by atoms with Crippen molar-refractivity contribution in [3.8, 4) is 0 Å². The summed E-state index contributed by atoms with van der Waals surface area (Å²) in [5.74, 6) is -0.157. The first-order chi connectivity index (χ1) is 10.0. The molecule has 1 rings (SSSR count). The van der Waals surface area contributed by atoms with Crippen LogP contribution in [0.25, 0.3) is 0 Å². The van der Waals surface area contributed by atoms with E-state index in [9.17, 15) is 9.59 Å². The molecule has 0 saturated carbocycles. The number of rotatable bonds is 8. The minimum atomic E-state index is -0.312. The van der Waals surface area contributed by atoms with Crippen molar-refractivity contribution < 1.29 is 14.3 Å². The zero-order chi connectivity index (χ0) is 15.7. The number of nitrogens with one attached hydrogen (secondary N) is 2. The monoisotopic (exact) mass is 293 g/mol. The maximum atomic E-state index is 12.1. The summed E-state index contributed by atoms with van der Waals surface area (Å²) in [5.41, 5.74) is 6.19. The summed E-state index contributed by atoms with van der Waals surface area (Å²) < 4.78 is 5.06. The minimum Gasteiger partial charge on any atom is -0.370 e. The fourth-order valence-electron chi connectivity index (χ4n) is 1.62. The third-order valence-electron chi connectivity index (χ3n) is 2.61. The molecule has 2 amide bonds. The number of nitrogens with two attached hydrogens (primary N) is 1. The molecule has 116 valence electrons. The van der Waals surface area contributed by atoms with Crippen LogP contribution in [0.1, 0.15) is 24.2 Å². The molecule has 0 aliphatic carbocycles. The van der Waals surface area contributed by atoms with Crippen molar-refractivity contribution in [2.75, 3.05) is 31.6 Å². The van der Waals surface area contributed by atoms with E-state index < -0.39 is 0 Å². The van der Waals surface area contributed by atoms with Crippen molar-refractivity contribution in [1.82, 2.24) is 5.32 Å². The Morgan fingerprint density at radius 2 is 2.00 bits per heavy atom. The van der Waals surface area contributed by atoms with Crippen LogP contribution < -0.4 is 16.4 Å². The number of anilines is 1. The van der Waals surface area contributed by atoms with Crippen molar-refractivity contribution in [2.24, 2.45) is 11.7 Å². The summed E-state index contributed by atoms with van der Waals surface area (Å²) in [6.45, 7) is 5.22. The molecule has 0 spiro atoms. The van der Waals surface area contributed by atoms with Crippen LogP contribution in [0.3, 0.4) is 0 Å². The lowest BCUT2D eigenvalue weighted by Gasteiger charge is -2.12. The molecule has 0 aliphatic heterocycles. The van der Waals surface area contributed by atoms with E-state index in [0.29, 0.717) is 36.9 Å². The molecule has 0 atom stereocenters. The van der Waals surface area contributed by atoms with Gasteiger partial charge in [0.2, 0.25) is 5.91 Å². The van der Waals surface area contributed by atoms with Crippen LogP contribution in [-0.4, -0.2) is 38.1 Å². The number of hydrogen-bond acceptors (Lipinski definition) is 4. The molecule has 6 heteroatoms. The molecule has 0 unspecified atom stereocenters. The van der Waals surface area contributed by atoms with Gasteiger partial charge in [-0.15, -0.1) is 0 Å². The molecule has 0 saturated heterocycles. The minimum absolute atomic E-state index is 0.0842. The number of benzene rings is 1. The topological polar surface area (TPSA) is 93.5 Å². The molecule has 0 aliphatic rings. The molecular formula is C15H23N3O3. The molecule has 4 N–H and O–H groups in total. The van der Waals surface area contributed by atoms with Crippen LogP contribution >= 0.6 is 0 Å². The van der Waals surface area contributed by atoms with E-state index in [1.807, 2.05) is 13.8 Å². The van der Waals surface area contributed by atoms with Gasteiger partial charge >= 0.3 is 0 Å². The standard InChI is InChI=1S/C15H23N3O3/c1-11(2)9-17-15(20)12-5-3-4-6-13(12)18-14(19)10-21-8-7-16/h3-6,11H,7-10,16H2,1-2H3,(H,17,20)(H,18,19). The highest BCUT2D eigenvalue weighted by Gasteiger charge is 2.13. The number of ether oxygens (including phenoxy) is 1. The fraction of sp³-hybridized carbons (Fsp3) is 0.467. The average Bonchev–Trinajstić information content (AvgIpc) is 2.45. The van der Waals surface area contributed by atoms with Crippen molar-refractivity contribution in [3.63, 3.8) is 0 Å². The summed E-state index contributed by atoms with van der Waals surface area (Å²) in [5, 5.41) is 5.50. The first kappa shape index (κ1) is 17.1. The lowest BCUT2D eigenvalue weighted by Crippen LogP contribution is -2.29. The van der Waals surface area contributed by atoms with Crippen LogP contribution in [0.2, 0.25) is 0 Å². The maximum Gasteiger partial charge on any atom is 0.253 e. The first-order valence-corrected chi connectivity index (χ1v) is 6.99. The van der Waals surface area contributed by atoms with Gasteiger partial charge in [0.1, 0.15) is 6.61 Å². The van der Waals surface area contributed by atoms with Gasteiger partial charge in [-0.25, -0.2) is 0 Å². The molecule has 0 fully saturated rings.